The number of nitrogens with zero attached hydrogens (tertiary/aromatic N) is 3. The van der Waals surface area contributed by atoms with Gasteiger partial charge in [-0.25, -0.2) is 4.98 Å². The van der Waals surface area contributed by atoms with E-state index in [9.17, 15) is 0 Å². The third-order valence-corrected chi connectivity index (χ3v) is 7.51. The molecule has 0 spiro atoms. The van der Waals surface area contributed by atoms with Crippen molar-refractivity contribution >= 4 is 11.5 Å². The van der Waals surface area contributed by atoms with E-state index in [1.165, 1.54) is 11.3 Å². The van der Waals surface area contributed by atoms with E-state index < -0.39 is 0 Å². The third kappa shape index (κ3) is 10.1. The van der Waals surface area contributed by atoms with Crippen LogP contribution < -0.4 is 24.0 Å². The van der Waals surface area contributed by atoms with Crippen molar-refractivity contribution in [2.24, 2.45) is 0 Å². The van der Waals surface area contributed by atoms with Crippen LogP contribution in [0.3, 0.4) is 0 Å². The molecule has 238 valence electrons. The van der Waals surface area contributed by atoms with E-state index >= 15 is 0 Å². The second-order valence-electron chi connectivity index (χ2n) is 10.7. The molecule has 9 heteroatoms. The fraction of sp³-hybridized carbons (Fsp3) is 0.361. The number of aromatic nitrogens is 1. The second-order valence-corrected chi connectivity index (χ2v) is 10.7. The molecule has 3 aromatic carbocycles. The average Bonchev–Trinajstić information content (AvgIpc) is 3.10. The topological polar surface area (TPSA) is 74.8 Å². The summed E-state index contributed by atoms with van der Waals surface area (Å²) in [4.78, 5) is 9.47. The number of methoxy groups -OCH3 is 2. The van der Waals surface area contributed by atoms with Crippen LogP contribution in [0.25, 0.3) is 0 Å². The number of benzene rings is 3. The lowest BCUT2D eigenvalue weighted by molar-refractivity contribution is 0.0303. The van der Waals surface area contributed by atoms with Crippen LogP contribution in [0.1, 0.15) is 16.7 Å². The third-order valence-electron chi connectivity index (χ3n) is 7.51. The van der Waals surface area contributed by atoms with Crippen molar-refractivity contribution in [2.75, 3.05) is 76.8 Å². The van der Waals surface area contributed by atoms with E-state index in [4.69, 9.17) is 33.4 Å². The summed E-state index contributed by atoms with van der Waals surface area (Å²) in [7, 11) is 3.33. The fourth-order valence-corrected chi connectivity index (χ4v) is 5.07. The fourth-order valence-electron chi connectivity index (χ4n) is 5.07. The zero-order chi connectivity index (χ0) is 31.1. The van der Waals surface area contributed by atoms with E-state index in [2.05, 4.69) is 58.3 Å². The molecule has 0 atom stereocenters. The van der Waals surface area contributed by atoms with Gasteiger partial charge in [0, 0.05) is 44.1 Å². The highest BCUT2D eigenvalue weighted by atomic mass is 16.5. The Morgan fingerprint density at radius 3 is 2.11 bits per heavy atom. The minimum Gasteiger partial charge on any atom is -0.497 e. The van der Waals surface area contributed by atoms with Crippen LogP contribution in [0.15, 0.2) is 91.1 Å². The first kappa shape index (κ1) is 32.1. The van der Waals surface area contributed by atoms with Crippen LogP contribution in [-0.4, -0.2) is 71.9 Å². The summed E-state index contributed by atoms with van der Waals surface area (Å²) in [6.45, 7) is 7.22. The molecule has 0 radical (unpaired) electrons. The minimum absolute atomic E-state index is 0.461. The Morgan fingerprint density at radius 2 is 1.36 bits per heavy atom. The predicted octanol–water partition coefficient (Wildman–Crippen LogP) is 5.75. The molecular formula is C36H43N3O6. The summed E-state index contributed by atoms with van der Waals surface area (Å²) in [5.74, 6) is 3.27. The molecule has 1 fully saturated rings. The van der Waals surface area contributed by atoms with Gasteiger partial charge >= 0.3 is 0 Å². The van der Waals surface area contributed by atoms with Gasteiger partial charge < -0.3 is 38.2 Å². The van der Waals surface area contributed by atoms with E-state index in [0.717, 1.165) is 67.0 Å². The number of pyridine rings is 1. The molecule has 0 aliphatic carbocycles. The van der Waals surface area contributed by atoms with Crippen molar-refractivity contribution in [1.82, 2.24) is 4.98 Å². The Morgan fingerprint density at radius 1 is 0.689 bits per heavy atom. The Labute approximate surface area is 266 Å². The number of hydrogen-bond acceptors (Lipinski definition) is 9. The van der Waals surface area contributed by atoms with E-state index in [-0.39, 0.29) is 0 Å². The van der Waals surface area contributed by atoms with Crippen LogP contribution in [0.4, 0.5) is 11.5 Å². The number of anilines is 2. The zero-order valence-electron chi connectivity index (χ0n) is 26.2. The average molecular weight is 614 g/mol. The first-order valence-corrected chi connectivity index (χ1v) is 15.4. The van der Waals surface area contributed by atoms with Gasteiger partial charge in [-0.05, 0) is 59.2 Å². The van der Waals surface area contributed by atoms with Gasteiger partial charge in [0.25, 0.3) is 0 Å². The molecule has 1 aliphatic heterocycles. The van der Waals surface area contributed by atoms with Crippen molar-refractivity contribution in [3.05, 3.63) is 108 Å². The van der Waals surface area contributed by atoms with Gasteiger partial charge in [0.15, 0.2) is 0 Å². The number of ether oxygens (including phenoxy) is 6. The van der Waals surface area contributed by atoms with E-state index in [1.54, 1.807) is 14.2 Å². The predicted molar refractivity (Wildman–Crippen MR) is 176 cm³/mol. The Kier molecular flexibility index (Phi) is 12.3. The van der Waals surface area contributed by atoms with Crippen LogP contribution in [-0.2, 0) is 33.9 Å². The highest BCUT2D eigenvalue weighted by molar-refractivity contribution is 5.49. The van der Waals surface area contributed by atoms with Crippen LogP contribution in [0.2, 0.25) is 0 Å². The maximum atomic E-state index is 5.83. The first-order chi connectivity index (χ1) is 22.2. The van der Waals surface area contributed by atoms with E-state index in [1.807, 2.05) is 42.6 Å². The van der Waals surface area contributed by atoms with Gasteiger partial charge in [0.1, 0.15) is 29.7 Å². The molecule has 0 unspecified atom stereocenters. The molecule has 0 N–H and O–H groups in total. The first-order valence-electron chi connectivity index (χ1n) is 15.4. The largest absolute Gasteiger partial charge is 0.497 e. The maximum Gasteiger partial charge on any atom is 0.129 e. The van der Waals surface area contributed by atoms with Crippen molar-refractivity contribution in [2.45, 2.75) is 19.7 Å². The number of morpholine rings is 1. The van der Waals surface area contributed by atoms with E-state index in [0.29, 0.717) is 39.6 Å². The quantitative estimate of drug-likeness (QED) is 0.138. The lowest BCUT2D eigenvalue weighted by Crippen LogP contribution is -2.36. The SMILES string of the molecule is COc1cccc(CN(Cc2ccc(N3CCOCC3)cc2)c2ccc(COCCOCCOc3cccc(OC)c3)cn2)c1. The second kappa shape index (κ2) is 17.2. The van der Waals surface area contributed by atoms with Gasteiger partial charge in [-0.15, -0.1) is 0 Å². The molecule has 4 aromatic rings. The molecule has 0 amide bonds. The van der Waals surface area contributed by atoms with Gasteiger partial charge in [0.05, 0.1) is 53.9 Å². The van der Waals surface area contributed by atoms with Crippen LogP contribution in [0.5, 0.6) is 17.2 Å². The summed E-state index contributed by atoms with van der Waals surface area (Å²) in [5.41, 5.74) is 4.62. The smallest absolute Gasteiger partial charge is 0.129 e. The zero-order valence-corrected chi connectivity index (χ0v) is 26.2. The highest BCUT2D eigenvalue weighted by Gasteiger charge is 2.14. The maximum absolute atomic E-state index is 5.83. The summed E-state index contributed by atoms with van der Waals surface area (Å²) < 4.78 is 33.4. The van der Waals surface area contributed by atoms with Gasteiger partial charge in [-0.3, -0.25) is 0 Å². The summed E-state index contributed by atoms with van der Waals surface area (Å²) in [6, 6.07) is 28.7. The monoisotopic (exact) mass is 613 g/mol. The van der Waals surface area contributed by atoms with Gasteiger partial charge in [0.2, 0.25) is 0 Å². The molecule has 5 rings (SSSR count). The minimum atomic E-state index is 0.461. The molecule has 1 aromatic heterocycles. The van der Waals surface area contributed by atoms with Crippen molar-refractivity contribution in [1.29, 1.82) is 0 Å². The summed E-state index contributed by atoms with van der Waals surface area (Å²) in [5, 5.41) is 0. The molecule has 9 nitrogen and oxygen atoms in total. The Balaban J connectivity index is 1.11. The summed E-state index contributed by atoms with van der Waals surface area (Å²) in [6.07, 6.45) is 1.89. The molecule has 2 heterocycles. The molecule has 0 bridgehead atoms. The molecular weight excluding hydrogens is 570 g/mol. The molecule has 1 aliphatic rings. The lowest BCUT2D eigenvalue weighted by Gasteiger charge is -2.29. The standard InChI is InChI=1S/C36H43N3O6/c1-40-33-6-3-5-30(23-33)27-39(26-29-9-12-32(13-10-29)38-15-17-42-18-16-38)36-14-11-31(25-37-36)28-44-20-19-43-21-22-45-35-8-4-7-34(24-35)41-2/h3-14,23-25H,15-22,26-28H2,1-2H3. The van der Waals surface area contributed by atoms with Gasteiger partial charge in [-0.1, -0.05) is 36.4 Å². The lowest BCUT2D eigenvalue weighted by atomic mass is 10.1. The van der Waals surface area contributed by atoms with Crippen LogP contribution >= 0.6 is 0 Å². The Bertz CT molecular complexity index is 1430. The Hall–Kier alpha value is -4.31. The number of hydrogen-bond donors (Lipinski definition) is 0. The van der Waals surface area contributed by atoms with Crippen LogP contribution in [0, 0.1) is 0 Å². The van der Waals surface area contributed by atoms with Crippen molar-refractivity contribution in [3.63, 3.8) is 0 Å². The van der Waals surface area contributed by atoms with Crippen molar-refractivity contribution in [3.8, 4) is 17.2 Å². The normalized spacial score (nSPS) is 13.0. The highest BCUT2D eigenvalue weighted by Crippen LogP contribution is 2.23. The molecule has 0 saturated carbocycles. The summed E-state index contributed by atoms with van der Waals surface area (Å²) >= 11 is 0. The van der Waals surface area contributed by atoms with Gasteiger partial charge in [-0.2, -0.15) is 0 Å². The number of rotatable bonds is 17. The molecule has 45 heavy (non-hydrogen) atoms. The van der Waals surface area contributed by atoms with Crippen molar-refractivity contribution < 1.29 is 28.4 Å². The molecule has 1 saturated heterocycles.